The summed E-state index contributed by atoms with van der Waals surface area (Å²) in [5, 5.41) is 0.631. The van der Waals surface area contributed by atoms with Crippen LogP contribution in [-0.2, 0) is 6.42 Å². The van der Waals surface area contributed by atoms with Crippen molar-refractivity contribution in [3.63, 3.8) is 0 Å². The highest BCUT2D eigenvalue weighted by atomic mass is 35.5. The fourth-order valence-corrected chi connectivity index (χ4v) is 1.98. The third kappa shape index (κ3) is 1.06. The van der Waals surface area contributed by atoms with Gasteiger partial charge < -0.3 is 0 Å². The average Bonchev–Trinajstić information content (AvgIpc) is 2.41. The molecule has 0 radical (unpaired) electrons. The summed E-state index contributed by atoms with van der Waals surface area (Å²) in [5.41, 5.74) is 1.81. The third-order valence-corrected chi connectivity index (χ3v) is 3.09. The van der Waals surface area contributed by atoms with E-state index < -0.39 is 0 Å². The van der Waals surface area contributed by atoms with Gasteiger partial charge in [0.15, 0.2) is 5.78 Å². The van der Waals surface area contributed by atoms with Crippen molar-refractivity contribution in [2.24, 2.45) is 0 Å². The Labute approximate surface area is 81.1 Å². The molecular weight excluding hydrogens is 192 g/mol. The lowest BCUT2D eigenvalue weighted by atomic mass is 10.1. The van der Waals surface area contributed by atoms with Crippen LogP contribution in [0.1, 0.15) is 22.3 Å². The molecule has 0 bridgehead atoms. The van der Waals surface area contributed by atoms with Crippen molar-refractivity contribution < 1.29 is 4.79 Å². The Morgan fingerprint density at radius 2 is 2.08 bits per heavy atom. The van der Waals surface area contributed by atoms with Crippen molar-refractivity contribution in [1.29, 1.82) is 0 Å². The first-order valence-corrected chi connectivity index (χ1v) is 4.56. The molecule has 62 valence electrons. The molecule has 0 heterocycles. The molecule has 1 nitrogen and oxygen atoms in total. The van der Waals surface area contributed by atoms with E-state index in [4.69, 9.17) is 11.6 Å². The number of hydrogen-bond donors (Lipinski definition) is 1. The second kappa shape index (κ2) is 2.79. The predicted molar refractivity (Wildman–Crippen MR) is 51.4 cm³/mol. The molecule has 0 aliphatic heterocycles. The van der Waals surface area contributed by atoms with Gasteiger partial charge in [0.05, 0.1) is 5.02 Å². The van der Waals surface area contributed by atoms with Gasteiger partial charge >= 0.3 is 0 Å². The Balaban J connectivity index is 2.68. The molecule has 1 aromatic rings. The van der Waals surface area contributed by atoms with Crippen LogP contribution in [-0.4, -0.2) is 5.78 Å². The fraction of sp³-hybridized carbons (Fsp3) is 0.222. The maximum atomic E-state index is 11.3. The van der Waals surface area contributed by atoms with Crippen LogP contribution in [0.3, 0.4) is 0 Å². The summed E-state index contributed by atoms with van der Waals surface area (Å²) in [5.74, 6) is 0.206. The van der Waals surface area contributed by atoms with E-state index in [0.717, 1.165) is 22.4 Å². The van der Waals surface area contributed by atoms with Crippen molar-refractivity contribution in [3.05, 3.63) is 28.3 Å². The Morgan fingerprint density at radius 3 is 2.83 bits per heavy atom. The van der Waals surface area contributed by atoms with Crippen LogP contribution in [0, 0.1) is 0 Å². The minimum atomic E-state index is 0.206. The predicted octanol–water partition coefficient (Wildman–Crippen LogP) is 2.76. The number of thiol groups is 1. The lowest BCUT2D eigenvalue weighted by Gasteiger charge is -2.02. The third-order valence-electron chi connectivity index (χ3n) is 2.14. The number of benzene rings is 1. The minimum Gasteiger partial charge on any atom is -0.294 e. The van der Waals surface area contributed by atoms with E-state index in [0.29, 0.717) is 11.4 Å². The Hall–Kier alpha value is -0.470. The van der Waals surface area contributed by atoms with Gasteiger partial charge in [0, 0.05) is 16.9 Å². The van der Waals surface area contributed by atoms with Crippen LogP contribution in [0.2, 0.25) is 5.02 Å². The number of ketones is 1. The summed E-state index contributed by atoms with van der Waals surface area (Å²) < 4.78 is 0. The van der Waals surface area contributed by atoms with Gasteiger partial charge in [0.25, 0.3) is 0 Å². The molecule has 0 spiro atoms. The van der Waals surface area contributed by atoms with Gasteiger partial charge in [-0.15, -0.1) is 12.6 Å². The average molecular weight is 199 g/mol. The second-order valence-corrected chi connectivity index (χ2v) is 3.70. The zero-order valence-corrected chi connectivity index (χ0v) is 7.95. The molecule has 0 N–H and O–H groups in total. The molecular formula is C9H7ClOS. The van der Waals surface area contributed by atoms with E-state index in [9.17, 15) is 4.79 Å². The van der Waals surface area contributed by atoms with E-state index in [1.165, 1.54) is 0 Å². The Kier molecular flexibility index (Phi) is 1.89. The molecule has 0 saturated heterocycles. The van der Waals surface area contributed by atoms with Crippen LogP contribution in [0.25, 0.3) is 0 Å². The van der Waals surface area contributed by atoms with E-state index in [-0.39, 0.29) is 5.78 Å². The topological polar surface area (TPSA) is 17.1 Å². The van der Waals surface area contributed by atoms with Crippen LogP contribution < -0.4 is 0 Å². The standard InChI is InChI=1S/C9H7ClOS/c10-7-3-1-5-6(9(7)12)2-4-8(5)11/h1,3,12H,2,4H2. The number of hydrogen-bond acceptors (Lipinski definition) is 2. The monoisotopic (exact) mass is 198 g/mol. The molecule has 0 aromatic heterocycles. The summed E-state index contributed by atoms with van der Waals surface area (Å²) in [6.45, 7) is 0. The van der Waals surface area contributed by atoms with Crippen molar-refractivity contribution >= 4 is 30.0 Å². The highest BCUT2D eigenvalue weighted by Gasteiger charge is 2.21. The molecule has 3 heteroatoms. The first kappa shape index (κ1) is 8.14. The van der Waals surface area contributed by atoms with Gasteiger partial charge in [-0.2, -0.15) is 0 Å². The van der Waals surface area contributed by atoms with Crippen molar-refractivity contribution in [3.8, 4) is 0 Å². The molecule has 1 aliphatic carbocycles. The van der Waals surface area contributed by atoms with Gasteiger partial charge in [0.1, 0.15) is 0 Å². The molecule has 2 rings (SSSR count). The quantitative estimate of drug-likeness (QED) is 0.635. The van der Waals surface area contributed by atoms with Gasteiger partial charge in [-0.25, -0.2) is 0 Å². The minimum absolute atomic E-state index is 0.206. The smallest absolute Gasteiger partial charge is 0.163 e. The van der Waals surface area contributed by atoms with Gasteiger partial charge in [-0.1, -0.05) is 11.6 Å². The molecule has 12 heavy (non-hydrogen) atoms. The molecule has 0 saturated carbocycles. The highest BCUT2D eigenvalue weighted by molar-refractivity contribution is 7.80. The zero-order chi connectivity index (χ0) is 8.72. The number of rotatable bonds is 0. The number of halogens is 1. The molecule has 1 aromatic carbocycles. The lowest BCUT2D eigenvalue weighted by molar-refractivity contribution is 0.0994. The summed E-state index contributed by atoms with van der Waals surface area (Å²) in [6, 6.07) is 3.51. The van der Waals surface area contributed by atoms with Crippen LogP contribution in [0.15, 0.2) is 17.0 Å². The van der Waals surface area contributed by atoms with Gasteiger partial charge in [-0.3, -0.25) is 4.79 Å². The second-order valence-electron chi connectivity index (χ2n) is 2.85. The van der Waals surface area contributed by atoms with Crippen LogP contribution >= 0.6 is 24.2 Å². The molecule has 0 unspecified atom stereocenters. The van der Waals surface area contributed by atoms with Crippen molar-refractivity contribution in [1.82, 2.24) is 0 Å². The first-order chi connectivity index (χ1) is 5.70. The molecule has 0 amide bonds. The maximum absolute atomic E-state index is 11.3. The summed E-state index contributed by atoms with van der Waals surface area (Å²) in [7, 11) is 0. The fourth-order valence-electron chi connectivity index (χ4n) is 1.50. The normalized spacial score (nSPS) is 15.0. The van der Waals surface area contributed by atoms with E-state index in [2.05, 4.69) is 12.6 Å². The Morgan fingerprint density at radius 1 is 1.33 bits per heavy atom. The molecule has 0 atom stereocenters. The van der Waals surface area contributed by atoms with Gasteiger partial charge in [-0.05, 0) is 24.1 Å². The maximum Gasteiger partial charge on any atom is 0.163 e. The number of Topliss-reactive ketones (excluding diaryl/α,β-unsaturated/α-hetero) is 1. The molecule has 0 fully saturated rings. The first-order valence-electron chi connectivity index (χ1n) is 3.73. The number of carbonyl (C=O) groups is 1. The van der Waals surface area contributed by atoms with E-state index in [1.54, 1.807) is 12.1 Å². The number of carbonyl (C=O) groups excluding carboxylic acids is 1. The zero-order valence-electron chi connectivity index (χ0n) is 6.30. The van der Waals surface area contributed by atoms with E-state index >= 15 is 0 Å². The SMILES string of the molecule is O=C1CCc2c1ccc(Cl)c2S. The Bertz CT molecular complexity index is 360. The van der Waals surface area contributed by atoms with Crippen molar-refractivity contribution in [2.75, 3.05) is 0 Å². The summed E-state index contributed by atoms with van der Waals surface area (Å²) in [6.07, 6.45) is 1.39. The van der Waals surface area contributed by atoms with Crippen molar-refractivity contribution in [2.45, 2.75) is 17.7 Å². The van der Waals surface area contributed by atoms with E-state index in [1.807, 2.05) is 0 Å². The molecule has 1 aliphatic rings. The van der Waals surface area contributed by atoms with Crippen LogP contribution in [0.4, 0.5) is 0 Å². The summed E-state index contributed by atoms with van der Waals surface area (Å²) in [4.78, 5) is 12.0. The summed E-state index contributed by atoms with van der Waals surface area (Å²) >= 11 is 10.1. The largest absolute Gasteiger partial charge is 0.294 e. The lowest BCUT2D eigenvalue weighted by Crippen LogP contribution is -1.91. The number of fused-ring (bicyclic) bond motifs is 1. The highest BCUT2D eigenvalue weighted by Crippen LogP contribution is 2.32. The van der Waals surface area contributed by atoms with Crippen LogP contribution in [0.5, 0.6) is 0 Å². The van der Waals surface area contributed by atoms with Gasteiger partial charge in [0.2, 0.25) is 0 Å².